The molecule has 3 aliphatic heterocycles. The zero-order valence-corrected chi connectivity index (χ0v) is 17.9. The van der Waals surface area contributed by atoms with E-state index in [1.807, 2.05) is 19.9 Å². The van der Waals surface area contributed by atoms with Crippen molar-refractivity contribution in [1.82, 2.24) is 5.32 Å². The van der Waals surface area contributed by atoms with Crippen LogP contribution in [0.25, 0.3) is 0 Å². The molecule has 1 aliphatic carbocycles. The molecule has 30 heavy (non-hydrogen) atoms. The van der Waals surface area contributed by atoms with Crippen LogP contribution in [0.3, 0.4) is 0 Å². The van der Waals surface area contributed by atoms with E-state index >= 15 is 0 Å². The van der Waals surface area contributed by atoms with Gasteiger partial charge in [-0.1, -0.05) is 13.8 Å². The number of esters is 2. The molecule has 7 nitrogen and oxygen atoms in total. The van der Waals surface area contributed by atoms with Gasteiger partial charge in [-0.3, -0.25) is 14.4 Å². The fraction of sp³-hybridized carbons (Fsp3) is 0.739. The second kappa shape index (κ2) is 7.82. The molecule has 0 unspecified atom stereocenters. The number of nitrogens with one attached hydrogen (secondary N) is 1. The van der Waals surface area contributed by atoms with Crippen LogP contribution in [0, 0.1) is 23.7 Å². The second-order valence-corrected chi connectivity index (χ2v) is 9.51. The number of amides is 1. The van der Waals surface area contributed by atoms with Gasteiger partial charge in [0.05, 0.1) is 12.0 Å². The zero-order valence-electron chi connectivity index (χ0n) is 17.9. The van der Waals surface area contributed by atoms with Gasteiger partial charge in [0.1, 0.15) is 17.5 Å². The van der Waals surface area contributed by atoms with E-state index in [0.29, 0.717) is 44.1 Å². The SMILES string of the molecule is CC[C@H]1[C@@H]2C(=O)CC[C@@H]([C@@H]3C[C@H](C)C(=O)O3)NC(=O)CC[C@H]2C[C@]12C=C(C)C(=O)O2. The Labute approximate surface area is 176 Å². The lowest BCUT2D eigenvalue weighted by atomic mass is 9.77. The molecule has 164 valence electrons. The predicted octanol–water partition coefficient (Wildman–Crippen LogP) is 2.47. The monoisotopic (exact) mass is 417 g/mol. The van der Waals surface area contributed by atoms with Crippen LogP contribution in [0.4, 0.5) is 0 Å². The fourth-order valence-electron chi connectivity index (χ4n) is 6.10. The van der Waals surface area contributed by atoms with Crippen LogP contribution < -0.4 is 5.32 Å². The first-order valence-electron chi connectivity index (χ1n) is 11.2. The van der Waals surface area contributed by atoms with Crippen LogP contribution >= 0.6 is 0 Å². The van der Waals surface area contributed by atoms with E-state index < -0.39 is 5.60 Å². The Bertz CT molecular complexity index is 804. The molecule has 4 rings (SSSR count). The molecular formula is C23H31NO6. The van der Waals surface area contributed by atoms with Gasteiger partial charge in [-0.15, -0.1) is 0 Å². The van der Waals surface area contributed by atoms with Crippen LogP contribution in [0.5, 0.6) is 0 Å². The van der Waals surface area contributed by atoms with Gasteiger partial charge in [0, 0.05) is 30.3 Å². The number of carbonyl (C=O) groups excluding carboxylic acids is 4. The van der Waals surface area contributed by atoms with Crippen LogP contribution in [0.1, 0.15) is 65.7 Å². The van der Waals surface area contributed by atoms with Crippen molar-refractivity contribution < 1.29 is 28.7 Å². The predicted molar refractivity (Wildman–Crippen MR) is 107 cm³/mol. The van der Waals surface area contributed by atoms with Gasteiger partial charge in [0.15, 0.2) is 0 Å². The number of ketones is 1. The third-order valence-corrected chi connectivity index (χ3v) is 7.52. The lowest BCUT2D eigenvalue weighted by Gasteiger charge is -2.31. The van der Waals surface area contributed by atoms with Crippen molar-refractivity contribution in [3.63, 3.8) is 0 Å². The Kier molecular flexibility index (Phi) is 5.49. The average Bonchev–Trinajstić information content (AvgIpc) is 3.29. The Hall–Kier alpha value is -2.18. The lowest BCUT2D eigenvalue weighted by Crippen LogP contribution is -2.45. The summed E-state index contributed by atoms with van der Waals surface area (Å²) in [6.45, 7) is 5.61. The van der Waals surface area contributed by atoms with Gasteiger partial charge in [0.2, 0.25) is 5.91 Å². The van der Waals surface area contributed by atoms with Crippen molar-refractivity contribution in [2.24, 2.45) is 23.7 Å². The Morgan fingerprint density at radius 2 is 1.93 bits per heavy atom. The highest BCUT2D eigenvalue weighted by atomic mass is 16.6. The number of cyclic esters (lactones) is 1. The number of fused-ring (bicyclic) bond motifs is 1. The highest BCUT2D eigenvalue weighted by Gasteiger charge is 2.58. The van der Waals surface area contributed by atoms with Crippen molar-refractivity contribution in [1.29, 1.82) is 0 Å². The molecule has 1 amide bonds. The quantitative estimate of drug-likeness (QED) is 0.693. The van der Waals surface area contributed by atoms with Gasteiger partial charge < -0.3 is 14.8 Å². The standard InChI is InChI=1S/C23H31NO6/c1-4-15-20-14(11-23(15)10-13(3)22(28)30-23)5-8-19(26)24-16(6-7-17(20)25)18-9-12(2)21(27)29-18/h10,12,14-16,18,20H,4-9,11H2,1-3H3,(H,24,26)/t12-,14-,15-,16-,18-,20+,23+/m0/s1. The Balaban J connectivity index is 1.56. The Morgan fingerprint density at radius 1 is 1.17 bits per heavy atom. The van der Waals surface area contributed by atoms with Gasteiger partial charge in [-0.25, -0.2) is 4.79 Å². The van der Waals surface area contributed by atoms with Crippen molar-refractivity contribution in [2.45, 2.75) is 83.5 Å². The average molecular weight is 418 g/mol. The summed E-state index contributed by atoms with van der Waals surface area (Å²) in [6.07, 6.45) is 5.09. The third kappa shape index (κ3) is 3.56. The van der Waals surface area contributed by atoms with Crippen molar-refractivity contribution in [2.75, 3.05) is 0 Å². The molecular weight excluding hydrogens is 386 g/mol. The summed E-state index contributed by atoms with van der Waals surface area (Å²) in [5.74, 6) is -0.920. The molecule has 7 atom stereocenters. The normalized spacial score (nSPS) is 41.9. The molecule has 1 saturated carbocycles. The summed E-state index contributed by atoms with van der Waals surface area (Å²) in [4.78, 5) is 50.0. The van der Waals surface area contributed by atoms with E-state index in [9.17, 15) is 19.2 Å². The maximum absolute atomic E-state index is 13.4. The second-order valence-electron chi connectivity index (χ2n) is 9.51. The molecule has 0 aromatic carbocycles. The smallest absolute Gasteiger partial charge is 0.334 e. The molecule has 3 fully saturated rings. The first kappa shape index (κ1) is 21.1. The summed E-state index contributed by atoms with van der Waals surface area (Å²) in [7, 11) is 0. The van der Waals surface area contributed by atoms with E-state index in [4.69, 9.17) is 9.47 Å². The Morgan fingerprint density at radius 3 is 2.53 bits per heavy atom. The summed E-state index contributed by atoms with van der Waals surface area (Å²) in [5, 5.41) is 3.00. The minimum absolute atomic E-state index is 0.0176. The van der Waals surface area contributed by atoms with Gasteiger partial charge in [0.25, 0.3) is 0 Å². The molecule has 7 heteroatoms. The number of Topliss-reactive ketones (excluding diaryl/α,β-unsaturated/α-hetero) is 1. The lowest BCUT2D eigenvalue weighted by molar-refractivity contribution is -0.151. The first-order valence-corrected chi connectivity index (χ1v) is 11.2. The van der Waals surface area contributed by atoms with Crippen LogP contribution in [0.15, 0.2) is 11.6 Å². The zero-order chi connectivity index (χ0) is 21.6. The fourth-order valence-corrected chi connectivity index (χ4v) is 6.10. The van der Waals surface area contributed by atoms with Crippen molar-refractivity contribution >= 4 is 23.6 Å². The van der Waals surface area contributed by atoms with E-state index in [2.05, 4.69) is 5.32 Å². The summed E-state index contributed by atoms with van der Waals surface area (Å²) >= 11 is 0. The molecule has 0 aromatic rings. The van der Waals surface area contributed by atoms with Crippen LogP contribution in [-0.4, -0.2) is 41.4 Å². The minimum Gasteiger partial charge on any atom is -0.460 e. The molecule has 3 heterocycles. The molecule has 0 radical (unpaired) electrons. The molecule has 0 aromatic heterocycles. The molecule has 4 aliphatic rings. The minimum atomic E-state index is -0.721. The maximum Gasteiger partial charge on any atom is 0.334 e. The molecule has 1 N–H and O–H groups in total. The molecule has 0 bridgehead atoms. The number of hydrogen-bond acceptors (Lipinski definition) is 6. The van der Waals surface area contributed by atoms with Crippen molar-refractivity contribution in [3.05, 3.63) is 11.6 Å². The molecule has 1 spiro atoms. The molecule has 2 saturated heterocycles. The first-order chi connectivity index (χ1) is 14.2. The highest BCUT2D eigenvalue weighted by molar-refractivity contribution is 5.91. The van der Waals surface area contributed by atoms with E-state index in [1.165, 1.54) is 0 Å². The van der Waals surface area contributed by atoms with Crippen LogP contribution in [-0.2, 0) is 28.7 Å². The van der Waals surface area contributed by atoms with E-state index in [0.717, 1.165) is 6.42 Å². The number of ether oxygens (including phenoxy) is 2. The summed E-state index contributed by atoms with van der Waals surface area (Å²) < 4.78 is 11.3. The number of hydrogen-bond donors (Lipinski definition) is 1. The number of carbonyl (C=O) groups is 4. The highest BCUT2D eigenvalue weighted by Crippen LogP contribution is 2.54. The van der Waals surface area contributed by atoms with Gasteiger partial charge in [-0.2, -0.15) is 0 Å². The maximum atomic E-state index is 13.4. The third-order valence-electron chi connectivity index (χ3n) is 7.52. The van der Waals surface area contributed by atoms with Crippen LogP contribution in [0.2, 0.25) is 0 Å². The summed E-state index contributed by atoms with van der Waals surface area (Å²) in [5.41, 5.74) is -0.124. The van der Waals surface area contributed by atoms with E-state index in [1.54, 1.807) is 6.92 Å². The summed E-state index contributed by atoms with van der Waals surface area (Å²) in [6, 6.07) is -0.339. The topological polar surface area (TPSA) is 98.8 Å². The van der Waals surface area contributed by atoms with E-state index in [-0.39, 0.29) is 59.4 Å². The van der Waals surface area contributed by atoms with Crippen molar-refractivity contribution in [3.8, 4) is 0 Å². The van der Waals surface area contributed by atoms with Gasteiger partial charge in [-0.05, 0) is 51.0 Å². The largest absolute Gasteiger partial charge is 0.460 e. The number of rotatable bonds is 2. The van der Waals surface area contributed by atoms with Gasteiger partial charge >= 0.3 is 11.9 Å².